The maximum absolute atomic E-state index is 12.5. The van der Waals surface area contributed by atoms with Crippen molar-refractivity contribution >= 4 is 5.97 Å². The molecule has 0 aromatic heterocycles. The van der Waals surface area contributed by atoms with Gasteiger partial charge in [0.2, 0.25) is 0 Å². The summed E-state index contributed by atoms with van der Waals surface area (Å²) in [4.78, 5) is 10.2. The minimum absolute atomic E-state index is 0.303. The van der Waals surface area contributed by atoms with E-state index in [0.717, 1.165) is 6.08 Å². The first-order valence-electron chi connectivity index (χ1n) is 3.01. The monoisotopic (exact) mass is 163 g/mol. The van der Waals surface area contributed by atoms with E-state index in [-0.39, 0.29) is 5.57 Å². The highest BCUT2D eigenvalue weighted by atomic mass is 19.3. The first-order valence-corrected chi connectivity index (χ1v) is 3.01. The molecule has 0 saturated carbocycles. The number of carboxylic acids is 1. The average Bonchev–Trinajstić information content (AvgIpc) is 2.08. The molecule has 1 aliphatic carbocycles. The van der Waals surface area contributed by atoms with E-state index < -0.39 is 24.4 Å². The van der Waals surface area contributed by atoms with E-state index in [4.69, 9.17) is 10.8 Å². The molecule has 0 radical (unpaired) electrons. The predicted octanol–water partition coefficient (Wildman–Crippen LogP) is 0.364. The molecule has 0 bridgehead atoms. The fourth-order valence-electron chi connectivity index (χ4n) is 0.916. The van der Waals surface area contributed by atoms with Crippen LogP contribution in [-0.4, -0.2) is 23.0 Å². The molecule has 1 rings (SSSR count). The van der Waals surface area contributed by atoms with Crippen molar-refractivity contribution in [3.63, 3.8) is 0 Å². The molecule has 11 heavy (non-hydrogen) atoms. The summed E-state index contributed by atoms with van der Waals surface area (Å²) in [5, 5.41) is 8.31. The van der Waals surface area contributed by atoms with Gasteiger partial charge in [0.15, 0.2) is 0 Å². The number of aliphatic carboxylic acids is 1. The summed E-state index contributed by atoms with van der Waals surface area (Å²) in [6, 6.07) is -1.45. The Bertz CT molecular complexity index is 225. The topological polar surface area (TPSA) is 63.3 Å². The maximum atomic E-state index is 12.5. The lowest BCUT2D eigenvalue weighted by atomic mass is 10.2. The Labute approximate surface area is 61.5 Å². The summed E-state index contributed by atoms with van der Waals surface area (Å²) in [5.41, 5.74) is 4.65. The summed E-state index contributed by atoms with van der Waals surface area (Å²) in [6.07, 6.45) is 0.131. The number of hydrogen-bond donors (Lipinski definition) is 2. The van der Waals surface area contributed by atoms with Gasteiger partial charge in [-0.1, -0.05) is 6.08 Å². The lowest BCUT2D eigenvalue weighted by molar-refractivity contribution is -0.133. The predicted molar refractivity (Wildman–Crippen MR) is 33.3 cm³/mol. The van der Waals surface area contributed by atoms with Gasteiger partial charge in [0.25, 0.3) is 5.92 Å². The van der Waals surface area contributed by atoms with Gasteiger partial charge in [-0.3, -0.25) is 0 Å². The fraction of sp³-hybridized carbons (Fsp3) is 0.500. The lowest BCUT2D eigenvalue weighted by Crippen LogP contribution is -2.35. The third kappa shape index (κ3) is 1.37. The van der Waals surface area contributed by atoms with Gasteiger partial charge < -0.3 is 10.8 Å². The van der Waals surface area contributed by atoms with Crippen LogP contribution in [0, 0.1) is 0 Å². The van der Waals surface area contributed by atoms with E-state index in [0.29, 0.717) is 0 Å². The molecular weight excluding hydrogens is 156 g/mol. The first-order chi connectivity index (χ1) is 4.93. The molecule has 0 aromatic rings. The van der Waals surface area contributed by atoms with Crippen LogP contribution in [0.1, 0.15) is 6.42 Å². The number of rotatable bonds is 1. The third-order valence-electron chi connectivity index (χ3n) is 1.57. The van der Waals surface area contributed by atoms with Crippen LogP contribution in [-0.2, 0) is 4.79 Å². The van der Waals surface area contributed by atoms with Crippen LogP contribution in [0.15, 0.2) is 11.6 Å². The van der Waals surface area contributed by atoms with Crippen molar-refractivity contribution in [1.82, 2.24) is 0 Å². The van der Waals surface area contributed by atoms with Crippen LogP contribution in [0.4, 0.5) is 8.78 Å². The van der Waals surface area contributed by atoms with Crippen LogP contribution in [0.5, 0.6) is 0 Å². The molecule has 1 unspecified atom stereocenters. The van der Waals surface area contributed by atoms with Crippen molar-refractivity contribution in [2.75, 3.05) is 0 Å². The zero-order chi connectivity index (χ0) is 8.65. The van der Waals surface area contributed by atoms with Crippen molar-refractivity contribution in [3.8, 4) is 0 Å². The van der Waals surface area contributed by atoms with Crippen LogP contribution in [0.25, 0.3) is 0 Å². The smallest absolute Gasteiger partial charge is 0.331 e. The molecule has 0 amide bonds. The van der Waals surface area contributed by atoms with E-state index in [9.17, 15) is 13.6 Å². The number of carboxylic acid groups (broad SMARTS) is 1. The largest absolute Gasteiger partial charge is 0.478 e. The molecule has 0 aromatic carbocycles. The standard InChI is InChI=1S/C6H7F2NO2/c7-6(8)2-3(5(10)11)1-4(6)9/h1,4H,2,9H2,(H,10,11). The molecule has 0 saturated heterocycles. The zero-order valence-electron chi connectivity index (χ0n) is 5.55. The van der Waals surface area contributed by atoms with Gasteiger partial charge in [0.1, 0.15) is 0 Å². The SMILES string of the molecule is NC1C=C(C(=O)O)CC1(F)F. The summed E-state index contributed by atoms with van der Waals surface area (Å²) < 4.78 is 25.0. The van der Waals surface area contributed by atoms with Gasteiger partial charge in [-0.2, -0.15) is 0 Å². The third-order valence-corrected chi connectivity index (χ3v) is 1.57. The summed E-state index contributed by atoms with van der Waals surface area (Å²) in [5.74, 6) is -4.41. The number of halogens is 2. The maximum Gasteiger partial charge on any atom is 0.331 e. The van der Waals surface area contributed by atoms with Gasteiger partial charge in [0.05, 0.1) is 6.04 Å². The van der Waals surface area contributed by atoms with Gasteiger partial charge >= 0.3 is 5.97 Å². The molecule has 1 atom stereocenters. The van der Waals surface area contributed by atoms with Gasteiger partial charge in [0, 0.05) is 12.0 Å². The van der Waals surface area contributed by atoms with E-state index in [2.05, 4.69) is 0 Å². The average molecular weight is 163 g/mol. The molecule has 0 fully saturated rings. The number of hydrogen-bond acceptors (Lipinski definition) is 2. The van der Waals surface area contributed by atoms with Crippen LogP contribution in [0.2, 0.25) is 0 Å². The molecule has 3 N–H and O–H groups in total. The Morgan fingerprint density at radius 1 is 1.82 bits per heavy atom. The van der Waals surface area contributed by atoms with Crippen LogP contribution in [0.3, 0.4) is 0 Å². The Hall–Kier alpha value is -0.970. The Morgan fingerprint density at radius 3 is 2.55 bits per heavy atom. The van der Waals surface area contributed by atoms with E-state index in [1.807, 2.05) is 0 Å². The van der Waals surface area contributed by atoms with Crippen LogP contribution >= 0.6 is 0 Å². The number of carbonyl (C=O) groups is 1. The summed E-state index contributed by atoms with van der Waals surface area (Å²) >= 11 is 0. The van der Waals surface area contributed by atoms with Gasteiger partial charge in [-0.15, -0.1) is 0 Å². The second-order valence-corrected chi connectivity index (χ2v) is 2.46. The van der Waals surface area contributed by atoms with E-state index in [1.165, 1.54) is 0 Å². The molecule has 5 heteroatoms. The molecule has 62 valence electrons. The lowest BCUT2D eigenvalue weighted by Gasteiger charge is -2.12. The number of nitrogens with two attached hydrogens (primary N) is 1. The van der Waals surface area contributed by atoms with Crippen molar-refractivity contribution in [3.05, 3.63) is 11.6 Å². The molecular formula is C6H7F2NO2. The normalized spacial score (nSPS) is 28.3. The van der Waals surface area contributed by atoms with Crippen molar-refractivity contribution in [2.45, 2.75) is 18.4 Å². The van der Waals surface area contributed by atoms with Gasteiger partial charge in [-0.25, -0.2) is 13.6 Å². The first kappa shape index (κ1) is 8.13. The molecule has 0 heterocycles. The highest BCUT2D eigenvalue weighted by Crippen LogP contribution is 2.33. The highest BCUT2D eigenvalue weighted by Gasteiger charge is 2.43. The Balaban J connectivity index is 2.79. The minimum Gasteiger partial charge on any atom is -0.478 e. The minimum atomic E-state index is -3.09. The molecule has 1 aliphatic rings. The van der Waals surface area contributed by atoms with Crippen molar-refractivity contribution < 1.29 is 18.7 Å². The van der Waals surface area contributed by atoms with Crippen molar-refractivity contribution in [1.29, 1.82) is 0 Å². The summed E-state index contributed by atoms with van der Waals surface area (Å²) in [6.45, 7) is 0. The zero-order valence-corrected chi connectivity index (χ0v) is 5.55. The second kappa shape index (κ2) is 2.27. The summed E-state index contributed by atoms with van der Waals surface area (Å²) in [7, 11) is 0. The highest BCUT2D eigenvalue weighted by molar-refractivity contribution is 5.87. The fourth-order valence-corrected chi connectivity index (χ4v) is 0.916. The quantitative estimate of drug-likeness (QED) is 0.586. The van der Waals surface area contributed by atoms with Crippen LogP contribution < -0.4 is 5.73 Å². The van der Waals surface area contributed by atoms with Crippen molar-refractivity contribution in [2.24, 2.45) is 5.73 Å². The van der Waals surface area contributed by atoms with Gasteiger partial charge in [-0.05, 0) is 0 Å². The Kier molecular flexibility index (Phi) is 1.67. The van der Waals surface area contributed by atoms with E-state index in [1.54, 1.807) is 0 Å². The molecule has 0 spiro atoms. The second-order valence-electron chi connectivity index (χ2n) is 2.46. The van der Waals surface area contributed by atoms with E-state index >= 15 is 0 Å². The Morgan fingerprint density at radius 2 is 2.36 bits per heavy atom. The number of alkyl halides is 2. The molecule has 3 nitrogen and oxygen atoms in total. The molecule has 0 aliphatic heterocycles.